The lowest BCUT2D eigenvalue weighted by Gasteiger charge is -2.19. The van der Waals surface area contributed by atoms with Crippen molar-refractivity contribution >= 4 is 11.7 Å². The molecule has 1 aliphatic rings. The first-order chi connectivity index (χ1) is 11.2. The number of urea groups is 1. The van der Waals surface area contributed by atoms with Gasteiger partial charge in [-0.05, 0) is 30.2 Å². The van der Waals surface area contributed by atoms with E-state index in [-0.39, 0.29) is 6.03 Å². The summed E-state index contributed by atoms with van der Waals surface area (Å²) in [7, 11) is 0. The van der Waals surface area contributed by atoms with Crippen molar-refractivity contribution in [2.45, 2.75) is 13.5 Å². The maximum atomic E-state index is 11.4. The molecule has 0 saturated heterocycles. The molecule has 5 nitrogen and oxygen atoms in total. The maximum absolute atomic E-state index is 11.4. The van der Waals surface area contributed by atoms with E-state index in [2.05, 4.69) is 21.9 Å². The second-order valence-electron chi connectivity index (χ2n) is 5.51. The Labute approximate surface area is 133 Å². The first-order valence-corrected chi connectivity index (χ1v) is 7.42. The van der Waals surface area contributed by atoms with E-state index in [1.165, 1.54) is 0 Å². The molecular formula is C18H15N3O2. The van der Waals surface area contributed by atoms with Gasteiger partial charge in [-0.25, -0.2) is 4.79 Å². The molecule has 2 amide bonds. The van der Waals surface area contributed by atoms with E-state index in [1.54, 1.807) is 0 Å². The van der Waals surface area contributed by atoms with Crippen LogP contribution in [0.25, 0.3) is 22.4 Å². The summed E-state index contributed by atoms with van der Waals surface area (Å²) in [5.74, 6) is 0.775. The van der Waals surface area contributed by atoms with Crippen LogP contribution in [0, 0.1) is 6.92 Å². The highest BCUT2D eigenvalue weighted by atomic mass is 16.5. The van der Waals surface area contributed by atoms with Gasteiger partial charge in [-0.2, -0.15) is 0 Å². The minimum absolute atomic E-state index is 0.170. The van der Waals surface area contributed by atoms with Crippen molar-refractivity contribution in [2.24, 2.45) is 0 Å². The summed E-state index contributed by atoms with van der Waals surface area (Å²) in [5, 5.41) is 9.81. The third-order valence-corrected chi connectivity index (χ3v) is 3.99. The Morgan fingerprint density at radius 1 is 1.09 bits per heavy atom. The second-order valence-corrected chi connectivity index (χ2v) is 5.51. The van der Waals surface area contributed by atoms with E-state index in [4.69, 9.17) is 4.52 Å². The lowest BCUT2D eigenvalue weighted by Crippen LogP contribution is -2.33. The Morgan fingerprint density at radius 3 is 2.74 bits per heavy atom. The summed E-state index contributed by atoms with van der Waals surface area (Å²) in [6.07, 6.45) is 0. The molecule has 3 aromatic rings. The number of benzene rings is 2. The molecule has 2 N–H and O–H groups in total. The summed E-state index contributed by atoms with van der Waals surface area (Å²) >= 11 is 0. The summed E-state index contributed by atoms with van der Waals surface area (Å²) in [6, 6.07) is 15.8. The number of aromatic nitrogens is 1. The van der Waals surface area contributed by atoms with Crippen LogP contribution in [-0.4, -0.2) is 11.2 Å². The Hall–Kier alpha value is -3.08. The number of nitrogens with one attached hydrogen (secondary N) is 2. The Kier molecular flexibility index (Phi) is 3.12. The standard InChI is InChI=1S/C18H15N3O2/c1-11-16(17(21-23-11)12-5-3-2-4-6-12)13-7-8-15-14(9-13)10-19-18(22)20-15/h2-9H,10H2,1H3,(H2,19,20,22). The fourth-order valence-electron chi connectivity index (χ4n) is 2.86. The second kappa shape index (κ2) is 5.28. The quantitative estimate of drug-likeness (QED) is 0.753. The molecule has 1 aliphatic heterocycles. The van der Waals surface area contributed by atoms with E-state index in [0.29, 0.717) is 6.54 Å². The molecule has 2 aromatic carbocycles. The van der Waals surface area contributed by atoms with E-state index in [0.717, 1.165) is 39.4 Å². The van der Waals surface area contributed by atoms with Crippen LogP contribution in [0.5, 0.6) is 0 Å². The van der Waals surface area contributed by atoms with E-state index >= 15 is 0 Å². The summed E-state index contributed by atoms with van der Waals surface area (Å²) in [5.41, 5.74) is 5.74. The van der Waals surface area contributed by atoms with Crippen LogP contribution in [0.2, 0.25) is 0 Å². The molecule has 0 bridgehead atoms. The highest BCUT2D eigenvalue weighted by molar-refractivity contribution is 5.93. The average molecular weight is 305 g/mol. The lowest BCUT2D eigenvalue weighted by atomic mass is 9.97. The van der Waals surface area contributed by atoms with Crippen LogP contribution in [-0.2, 0) is 6.54 Å². The Morgan fingerprint density at radius 2 is 1.91 bits per heavy atom. The van der Waals surface area contributed by atoms with E-state index < -0.39 is 0 Å². The highest BCUT2D eigenvalue weighted by Gasteiger charge is 2.19. The van der Waals surface area contributed by atoms with Crippen molar-refractivity contribution in [2.75, 3.05) is 5.32 Å². The number of anilines is 1. The van der Waals surface area contributed by atoms with Gasteiger partial charge in [0.25, 0.3) is 0 Å². The Balaban J connectivity index is 1.83. The van der Waals surface area contributed by atoms with Crippen LogP contribution >= 0.6 is 0 Å². The predicted molar refractivity (Wildman–Crippen MR) is 88.0 cm³/mol. The van der Waals surface area contributed by atoms with Gasteiger partial charge < -0.3 is 15.2 Å². The molecule has 0 saturated carbocycles. The third-order valence-electron chi connectivity index (χ3n) is 3.99. The average Bonchev–Trinajstić information content (AvgIpc) is 2.97. The van der Waals surface area contributed by atoms with Crippen LogP contribution < -0.4 is 10.6 Å². The van der Waals surface area contributed by atoms with Crippen LogP contribution in [0.1, 0.15) is 11.3 Å². The number of amides is 2. The molecule has 0 radical (unpaired) electrons. The Bertz CT molecular complexity index is 885. The molecule has 2 heterocycles. The largest absolute Gasteiger partial charge is 0.360 e. The van der Waals surface area contributed by atoms with Crippen molar-refractivity contribution in [3.05, 3.63) is 59.9 Å². The number of nitrogens with zero attached hydrogens (tertiary/aromatic N) is 1. The van der Waals surface area contributed by atoms with Gasteiger partial charge in [-0.3, -0.25) is 0 Å². The molecule has 0 spiro atoms. The number of hydrogen-bond donors (Lipinski definition) is 2. The molecule has 1 aromatic heterocycles. The highest BCUT2D eigenvalue weighted by Crippen LogP contribution is 2.36. The fraction of sp³-hybridized carbons (Fsp3) is 0.111. The minimum atomic E-state index is -0.170. The molecule has 114 valence electrons. The molecule has 0 atom stereocenters. The summed E-state index contributed by atoms with van der Waals surface area (Å²) in [4.78, 5) is 11.4. The molecule has 0 unspecified atom stereocenters. The van der Waals surface area contributed by atoms with E-state index in [9.17, 15) is 4.79 Å². The number of carbonyl (C=O) groups is 1. The maximum Gasteiger partial charge on any atom is 0.319 e. The van der Waals surface area contributed by atoms with Gasteiger partial charge in [-0.1, -0.05) is 41.6 Å². The van der Waals surface area contributed by atoms with Crippen LogP contribution in [0.4, 0.5) is 10.5 Å². The first kappa shape index (κ1) is 13.6. The molecule has 0 fully saturated rings. The van der Waals surface area contributed by atoms with Gasteiger partial charge in [0.1, 0.15) is 11.5 Å². The molecule has 23 heavy (non-hydrogen) atoms. The monoisotopic (exact) mass is 305 g/mol. The molecular weight excluding hydrogens is 290 g/mol. The van der Waals surface area contributed by atoms with Gasteiger partial charge in [0.2, 0.25) is 0 Å². The van der Waals surface area contributed by atoms with Crippen LogP contribution in [0.3, 0.4) is 0 Å². The van der Waals surface area contributed by atoms with Crippen molar-refractivity contribution in [3.63, 3.8) is 0 Å². The van der Waals surface area contributed by atoms with Gasteiger partial charge in [0.05, 0.1) is 5.56 Å². The van der Waals surface area contributed by atoms with Gasteiger partial charge in [0, 0.05) is 17.8 Å². The van der Waals surface area contributed by atoms with Crippen molar-refractivity contribution in [1.82, 2.24) is 10.5 Å². The summed E-state index contributed by atoms with van der Waals surface area (Å²) < 4.78 is 5.43. The van der Waals surface area contributed by atoms with Crippen molar-refractivity contribution < 1.29 is 9.32 Å². The zero-order valence-corrected chi connectivity index (χ0v) is 12.6. The van der Waals surface area contributed by atoms with Crippen LogP contribution in [0.15, 0.2) is 53.1 Å². The topological polar surface area (TPSA) is 67.2 Å². The minimum Gasteiger partial charge on any atom is -0.360 e. The van der Waals surface area contributed by atoms with E-state index in [1.807, 2.05) is 49.4 Å². The number of carbonyl (C=O) groups excluding carboxylic acids is 1. The zero-order valence-electron chi connectivity index (χ0n) is 12.6. The molecule has 0 aliphatic carbocycles. The number of aryl methyl sites for hydroxylation is 1. The zero-order chi connectivity index (χ0) is 15.8. The summed E-state index contributed by atoms with van der Waals surface area (Å²) in [6.45, 7) is 2.42. The predicted octanol–water partition coefficient (Wildman–Crippen LogP) is 3.95. The first-order valence-electron chi connectivity index (χ1n) is 7.42. The van der Waals surface area contributed by atoms with Gasteiger partial charge >= 0.3 is 6.03 Å². The normalized spacial score (nSPS) is 13.2. The molecule has 4 rings (SSSR count). The molecule has 5 heteroatoms. The number of hydrogen-bond acceptors (Lipinski definition) is 3. The lowest BCUT2D eigenvalue weighted by molar-refractivity contribution is 0.251. The number of fused-ring (bicyclic) bond motifs is 1. The SMILES string of the molecule is Cc1onc(-c2ccccc2)c1-c1ccc2c(c1)CNC(=O)N2. The smallest absolute Gasteiger partial charge is 0.319 e. The number of rotatable bonds is 2. The fourth-order valence-corrected chi connectivity index (χ4v) is 2.86. The van der Waals surface area contributed by atoms with Gasteiger partial charge in [0.15, 0.2) is 0 Å². The third kappa shape index (κ3) is 2.36. The van der Waals surface area contributed by atoms with Crippen molar-refractivity contribution in [3.8, 4) is 22.4 Å². The van der Waals surface area contributed by atoms with Gasteiger partial charge in [-0.15, -0.1) is 0 Å². The van der Waals surface area contributed by atoms with Crippen molar-refractivity contribution in [1.29, 1.82) is 0 Å².